The van der Waals surface area contributed by atoms with Crippen molar-refractivity contribution in [3.63, 3.8) is 0 Å². The van der Waals surface area contributed by atoms with Gasteiger partial charge in [0.25, 0.3) is 5.91 Å². The number of amides is 1. The van der Waals surface area contributed by atoms with Crippen LogP contribution in [0.1, 0.15) is 33.6 Å². The van der Waals surface area contributed by atoms with Crippen LogP contribution < -0.4 is 0 Å². The Labute approximate surface area is 136 Å². The van der Waals surface area contributed by atoms with Crippen LogP contribution in [0.25, 0.3) is 0 Å². The predicted octanol–water partition coefficient (Wildman–Crippen LogP) is 4.61. The Morgan fingerprint density at radius 1 is 1.17 bits per heavy atom. The fourth-order valence-corrected chi connectivity index (χ4v) is 3.29. The highest BCUT2D eigenvalue weighted by molar-refractivity contribution is 7.09. The number of halogens is 3. The van der Waals surface area contributed by atoms with Crippen molar-refractivity contribution in [2.75, 3.05) is 6.54 Å². The molecular weight excluding hydrogens is 323 g/mol. The molecule has 1 saturated carbocycles. The van der Waals surface area contributed by atoms with Crippen LogP contribution in [-0.4, -0.2) is 23.4 Å². The summed E-state index contributed by atoms with van der Waals surface area (Å²) < 4.78 is 39.4. The first-order valence-corrected chi connectivity index (χ1v) is 8.34. The molecule has 0 saturated heterocycles. The second-order valence-corrected chi connectivity index (χ2v) is 6.63. The summed E-state index contributed by atoms with van der Waals surface area (Å²) in [7, 11) is 0. The first kappa shape index (κ1) is 16.1. The Bertz CT molecular complexity index is 677. The van der Waals surface area contributed by atoms with Crippen molar-refractivity contribution in [2.45, 2.75) is 31.5 Å². The van der Waals surface area contributed by atoms with Crippen molar-refractivity contribution in [3.8, 4) is 0 Å². The van der Waals surface area contributed by atoms with Crippen LogP contribution in [0.5, 0.6) is 0 Å². The molecule has 1 aromatic carbocycles. The molecule has 0 aliphatic heterocycles. The molecule has 1 aliphatic rings. The van der Waals surface area contributed by atoms with Gasteiger partial charge in [0.1, 0.15) is 0 Å². The van der Waals surface area contributed by atoms with Crippen molar-refractivity contribution in [2.24, 2.45) is 0 Å². The third-order valence-electron chi connectivity index (χ3n) is 3.89. The molecule has 6 heteroatoms. The van der Waals surface area contributed by atoms with E-state index in [2.05, 4.69) is 0 Å². The maximum atomic E-state index is 13.1. The lowest BCUT2D eigenvalue weighted by Gasteiger charge is -2.24. The zero-order valence-corrected chi connectivity index (χ0v) is 13.2. The molecular formula is C17H16F3NOS. The molecule has 122 valence electrons. The zero-order chi connectivity index (χ0) is 16.4. The number of rotatable bonds is 5. The van der Waals surface area contributed by atoms with E-state index in [1.165, 1.54) is 18.2 Å². The van der Waals surface area contributed by atoms with Crippen LogP contribution >= 0.6 is 11.3 Å². The van der Waals surface area contributed by atoms with Gasteiger partial charge in [0, 0.05) is 17.5 Å². The van der Waals surface area contributed by atoms with Crippen LogP contribution in [-0.2, 0) is 12.6 Å². The van der Waals surface area contributed by atoms with Gasteiger partial charge in [-0.25, -0.2) is 0 Å². The smallest absolute Gasteiger partial charge is 0.335 e. The summed E-state index contributed by atoms with van der Waals surface area (Å²) in [4.78, 5) is 15.4. The minimum Gasteiger partial charge on any atom is -0.335 e. The van der Waals surface area contributed by atoms with Crippen molar-refractivity contribution in [1.29, 1.82) is 0 Å². The number of carbonyl (C=O) groups is 1. The third-order valence-corrected chi connectivity index (χ3v) is 4.83. The Morgan fingerprint density at radius 3 is 2.52 bits per heavy atom. The molecule has 0 unspecified atom stereocenters. The standard InChI is InChI=1S/C17H16F3NOS/c18-17(19,20)15-6-2-1-5-14(15)16(22)21(12-7-8-12)10-9-13-4-3-11-23-13/h1-6,11-12H,7-10H2. The number of thiophene rings is 1. The van der Waals surface area contributed by atoms with Gasteiger partial charge < -0.3 is 4.90 Å². The summed E-state index contributed by atoms with van der Waals surface area (Å²) in [5, 5.41) is 1.96. The lowest BCUT2D eigenvalue weighted by atomic mass is 10.1. The van der Waals surface area contributed by atoms with Gasteiger partial charge in [0.2, 0.25) is 0 Å². The Kier molecular flexibility index (Phi) is 4.43. The number of carbonyl (C=O) groups excluding carboxylic acids is 1. The summed E-state index contributed by atoms with van der Waals surface area (Å²) in [6, 6.07) is 9.01. The van der Waals surface area contributed by atoms with Crippen molar-refractivity contribution in [1.82, 2.24) is 4.90 Å². The minimum absolute atomic E-state index is 0.0729. The van der Waals surface area contributed by atoms with Crippen LogP contribution in [0.3, 0.4) is 0 Å². The molecule has 23 heavy (non-hydrogen) atoms. The van der Waals surface area contributed by atoms with E-state index in [0.717, 1.165) is 23.8 Å². The normalized spacial score (nSPS) is 14.7. The first-order chi connectivity index (χ1) is 11.0. The number of hydrogen-bond donors (Lipinski definition) is 0. The zero-order valence-electron chi connectivity index (χ0n) is 12.3. The molecule has 1 aliphatic carbocycles. The topological polar surface area (TPSA) is 20.3 Å². The van der Waals surface area contributed by atoms with E-state index in [1.807, 2.05) is 17.5 Å². The minimum atomic E-state index is -4.52. The van der Waals surface area contributed by atoms with E-state index in [1.54, 1.807) is 16.2 Å². The van der Waals surface area contributed by atoms with Crippen LogP contribution in [0, 0.1) is 0 Å². The van der Waals surface area contributed by atoms with Crippen molar-refractivity contribution < 1.29 is 18.0 Å². The molecule has 0 radical (unpaired) electrons. The fraction of sp³-hybridized carbons (Fsp3) is 0.353. The molecule has 0 spiro atoms. The number of benzene rings is 1. The molecule has 1 amide bonds. The largest absolute Gasteiger partial charge is 0.417 e. The fourth-order valence-electron chi connectivity index (χ4n) is 2.59. The van der Waals surface area contributed by atoms with Gasteiger partial charge in [-0.05, 0) is 42.8 Å². The highest BCUT2D eigenvalue weighted by Crippen LogP contribution is 2.34. The predicted molar refractivity (Wildman–Crippen MR) is 83.5 cm³/mol. The Hall–Kier alpha value is -1.82. The van der Waals surface area contributed by atoms with E-state index in [9.17, 15) is 18.0 Å². The summed E-state index contributed by atoms with van der Waals surface area (Å²) in [5.74, 6) is -0.517. The maximum absolute atomic E-state index is 13.1. The molecule has 1 aromatic heterocycles. The first-order valence-electron chi connectivity index (χ1n) is 7.46. The van der Waals surface area contributed by atoms with E-state index in [4.69, 9.17) is 0 Å². The second-order valence-electron chi connectivity index (χ2n) is 5.60. The van der Waals surface area contributed by atoms with Crippen LogP contribution in [0.4, 0.5) is 13.2 Å². The molecule has 3 rings (SSSR count). The average molecular weight is 339 g/mol. The van der Waals surface area contributed by atoms with E-state index in [0.29, 0.717) is 13.0 Å². The summed E-state index contributed by atoms with van der Waals surface area (Å²) in [5.41, 5.74) is -1.11. The van der Waals surface area contributed by atoms with Crippen molar-refractivity contribution in [3.05, 3.63) is 57.8 Å². The number of hydrogen-bond acceptors (Lipinski definition) is 2. The third kappa shape index (κ3) is 3.75. The van der Waals surface area contributed by atoms with E-state index < -0.39 is 17.6 Å². The highest BCUT2D eigenvalue weighted by atomic mass is 32.1. The van der Waals surface area contributed by atoms with Gasteiger partial charge in [-0.2, -0.15) is 13.2 Å². The SMILES string of the molecule is O=C(c1ccccc1C(F)(F)F)N(CCc1cccs1)C1CC1. The summed E-state index contributed by atoms with van der Waals surface area (Å²) in [6.07, 6.45) is -2.11. The van der Waals surface area contributed by atoms with Gasteiger partial charge in [-0.3, -0.25) is 4.79 Å². The molecule has 0 N–H and O–H groups in total. The van der Waals surface area contributed by atoms with Gasteiger partial charge >= 0.3 is 6.18 Å². The lowest BCUT2D eigenvalue weighted by Crippen LogP contribution is -2.36. The molecule has 0 atom stereocenters. The van der Waals surface area contributed by atoms with Gasteiger partial charge in [-0.1, -0.05) is 18.2 Å². The maximum Gasteiger partial charge on any atom is 0.417 e. The van der Waals surface area contributed by atoms with E-state index >= 15 is 0 Å². The summed E-state index contributed by atoms with van der Waals surface area (Å²) >= 11 is 1.59. The second kappa shape index (κ2) is 6.35. The average Bonchev–Trinajstić information content (AvgIpc) is 3.22. The highest BCUT2D eigenvalue weighted by Gasteiger charge is 2.39. The van der Waals surface area contributed by atoms with Gasteiger partial charge in [-0.15, -0.1) is 11.3 Å². The quantitative estimate of drug-likeness (QED) is 0.779. The molecule has 0 bridgehead atoms. The van der Waals surface area contributed by atoms with Crippen molar-refractivity contribution >= 4 is 17.2 Å². The summed E-state index contributed by atoms with van der Waals surface area (Å²) in [6.45, 7) is 0.455. The van der Waals surface area contributed by atoms with Gasteiger partial charge in [0.15, 0.2) is 0 Å². The number of nitrogens with zero attached hydrogens (tertiary/aromatic N) is 1. The monoisotopic (exact) mass is 339 g/mol. The molecule has 2 nitrogen and oxygen atoms in total. The molecule has 1 fully saturated rings. The van der Waals surface area contributed by atoms with Crippen LogP contribution in [0.15, 0.2) is 41.8 Å². The Morgan fingerprint density at radius 2 is 1.91 bits per heavy atom. The van der Waals surface area contributed by atoms with E-state index in [-0.39, 0.29) is 11.6 Å². The number of alkyl halides is 3. The molecule has 2 aromatic rings. The lowest BCUT2D eigenvalue weighted by molar-refractivity contribution is -0.138. The Balaban J connectivity index is 1.82. The van der Waals surface area contributed by atoms with Crippen LogP contribution in [0.2, 0.25) is 0 Å². The molecule has 1 heterocycles. The van der Waals surface area contributed by atoms with Gasteiger partial charge in [0.05, 0.1) is 11.1 Å².